The SMILES string of the molecule is CC(C)(C)OC(=O)N1CC(C(=O)O)(N(C(=O)OCC2c3ccccc3-c3ccccc32)C2CC(N3CCCC3)C2)C1. The minimum Gasteiger partial charge on any atom is -0.479 e. The zero-order valence-electron chi connectivity index (χ0n) is 24.0. The Balaban J connectivity index is 1.22. The number of carbonyl (C=O) groups is 3. The van der Waals surface area contributed by atoms with Crippen molar-refractivity contribution < 1.29 is 29.0 Å². The topological polar surface area (TPSA) is 99.6 Å². The zero-order valence-corrected chi connectivity index (χ0v) is 24.0. The number of hydrogen-bond acceptors (Lipinski definition) is 6. The van der Waals surface area contributed by atoms with Crippen molar-refractivity contribution in [1.29, 1.82) is 0 Å². The second kappa shape index (κ2) is 10.4. The number of carboxylic acid groups (broad SMARTS) is 1. The van der Waals surface area contributed by atoms with Crippen molar-refractivity contribution in [1.82, 2.24) is 14.7 Å². The maximum atomic E-state index is 13.9. The number of likely N-dealkylation sites (tertiary alicyclic amines) is 2. The van der Waals surface area contributed by atoms with Gasteiger partial charge in [0.05, 0.1) is 13.1 Å². The van der Waals surface area contributed by atoms with Gasteiger partial charge in [-0.05, 0) is 81.8 Å². The lowest BCUT2D eigenvalue weighted by Crippen LogP contribution is -2.79. The van der Waals surface area contributed by atoms with Gasteiger partial charge >= 0.3 is 18.2 Å². The molecule has 1 N–H and O–H groups in total. The average molecular weight is 562 g/mol. The molecule has 9 heteroatoms. The van der Waals surface area contributed by atoms with Crippen LogP contribution in [-0.2, 0) is 14.3 Å². The number of rotatable bonds is 6. The molecule has 2 aliphatic heterocycles. The van der Waals surface area contributed by atoms with Gasteiger partial charge in [0.2, 0.25) is 0 Å². The van der Waals surface area contributed by atoms with Crippen molar-refractivity contribution in [3.63, 3.8) is 0 Å². The lowest BCUT2D eigenvalue weighted by Gasteiger charge is -2.57. The maximum Gasteiger partial charge on any atom is 0.411 e. The van der Waals surface area contributed by atoms with Crippen molar-refractivity contribution in [2.75, 3.05) is 32.8 Å². The van der Waals surface area contributed by atoms with Crippen LogP contribution in [-0.4, -0.2) is 94.0 Å². The summed E-state index contributed by atoms with van der Waals surface area (Å²) in [5.74, 6) is -1.26. The van der Waals surface area contributed by atoms with Crippen LogP contribution in [0.15, 0.2) is 48.5 Å². The van der Waals surface area contributed by atoms with Crippen LogP contribution in [0, 0.1) is 0 Å². The number of carbonyl (C=O) groups excluding carboxylic acids is 2. The smallest absolute Gasteiger partial charge is 0.411 e. The molecule has 0 spiro atoms. The molecule has 6 rings (SSSR count). The van der Waals surface area contributed by atoms with Gasteiger partial charge in [-0.15, -0.1) is 0 Å². The fourth-order valence-electron chi connectivity index (χ4n) is 6.94. The highest BCUT2D eigenvalue weighted by molar-refractivity contribution is 5.89. The van der Waals surface area contributed by atoms with Gasteiger partial charge in [0, 0.05) is 18.0 Å². The predicted molar refractivity (Wildman–Crippen MR) is 153 cm³/mol. The summed E-state index contributed by atoms with van der Waals surface area (Å²) in [6, 6.07) is 16.3. The van der Waals surface area contributed by atoms with Crippen LogP contribution in [0.2, 0.25) is 0 Å². The van der Waals surface area contributed by atoms with Crippen LogP contribution in [0.25, 0.3) is 11.1 Å². The minimum absolute atomic E-state index is 0.108. The summed E-state index contributed by atoms with van der Waals surface area (Å²) >= 11 is 0. The first-order valence-corrected chi connectivity index (χ1v) is 14.7. The summed E-state index contributed by atoms with van der Waals surface area (Å²) < 4.78 is 11.5. The summed E-state index contributed by atoms with van der Waals surface area (Å²) in [4.78, 5) is 44.7. The third kappa shape index (κ3) is 4.94. The quantitative estimate of drug-likeness (QED) is 0.533. The van der Waals surface area contributed by atoms with Crippen molar-refractivity contribution >= 4 is 18.2 Å². The number of amides is 2. The van der Waals surface area contributed by atoms with Crippen molar-refractivity contribution in [3.05, 3.63) is 59.7 Å². The molecule has 0 aromatic heterocycles. The Morgan fingerprint density at radius 1 is 0.951 bits per heavy atom. The fourth-order valence-corrected chi connectivity index (χ4v) is 6.94. The Kier molecular flexibility index (Phi) is 6.96. The number of hydrogen-bond donors (Lipinski definition) is 1. The molecule has 2 aromatic rings. The van der Waals surface area contributed by atoms with Crippen LogP contribution in [0.4, 0.5) is 9.59 Å². The molecule has 2 aromatic carbocycles. The Morgan fingerprint density at radius 3 is 2.05 bits per heavy atom. The van der Waals surface area contributed by atoms with Gasteiger partial charge in [-0.3, -0.25) is 4.90 Å². The van der Waals surface area contributed by atoms with E-state index in [1.54, 1.807) is 20.8 Å². The van der Waals surface area contributed by atoms with Crippen molar-refractivity contribution in [2.24, 2.45) is 0 Å². The van der Waals surface area contributed by atoms with Crippen LogP contribution in [0.5, 0.6) is 0 Å². The number of carboxylic acids is 1. The van der Waals surface area contributed by atoms with E-state index >= 15 is 0 Å². The lowest BCUT2D eigenvalue weighted by molar-refractivity contribution is -0.168. The molecule has 41 heavy (non-hydrogen) atoms. The second-order valence-electron chi connectivity index (χ2n) is 12.9. The molecule has 2 heterocycles. The molecule has 3 fully saturated rings. The molecular formula is C32H39N3O6. The number of aliphatic carboxylic acids is 1. The van der Waals surface area contributed by atoms with Gasteiger partial charge in [0.15, 0.2) is 5.54 Å². The van der Waals surface area contributed by atoms with Crippen LogP contribution in [0.3, 0.4) is 0 Å². The highest BCUT2D eigenvalue weighted by atomic mass is 16.6. The molecule has 0 radical (unpaired) electrons. The summed E-state index contributed by atoms with van der Waals surface area (Å²) in [6.45, 7) is 7.23. The monoisotopic (exact) mass is 561 g/mol. The normalized spacial score (nSPS) is 23.1. The highest BCUT2D eigenvalue weighted by Gasteiger charge is 2.62. The van der Waals surface area contributed by atoms with E-state index in [2.05, 4.69) is 29.2 Å². The van der Waals surface area contributed by atoms with Gasteiger partial charge in [0.1, 0.15) is 12.2 Å². The Morgan fingerprint density at radius 2 is 1.51 bits per heavy atom. The van der Waals surface area contributed by atoms with Crippen LogP contribution >= 0.6 is 0 Å². The Bertz CT molecular complexity index is 1290. The van der Waals surface area contributed by atoms with Crippen molar-refractivity contribution in [3.8, 4) is 11.1 Å². The van der Waals surface area contributed by atoms with E-state index < -0.39 is 29.3 Å². The van der Waals surface area contributed by atoms with Crippen molar-refractivity contribution in [2.45, 2.75) is 75.6 Å². The average Bonchev–Trinajstić information content (AvgIpc) is 3.50. The standard InChI is InChI=1S/C32H39N3O6/c1-31(2,3)41-29(38)34-19-32(20-34,28(36)37)35(22-16-21(17-22)33-14-8-9-15-33)30(39)40-18-27-25-12-6-4-10-23(25)24-11-5-7-13-26(24)27/h4-7,10-13,21-22,27H,8-9,14-20H2,1-3H3,(H,36,37). The molecule has 0 atom stereocenters. The third-order valence-electron chi connectivity index (χ3n) is 9.06. The molecule has 9 nitrogen and oxygen atoms in total. The third-order valence-corrected chi connectivity index (χ3v) is 9.06. The summed E-state index contributed by atoms with van der Waals surface area (Å²) in [5, 5.41) is 10.5. The highest BCUT2D eigenvalue weighted by Crippen LogP contribution is 2.45. The van der Waals surface area contributed by atoms with E-state index in [1.165, 1.54) is 22.6 Å². The molecule has 4 aliphatic rings. The first-order chi connectivity index (χ1) is 19.6. The molecule has 0 unspecified atom stereocenters. The largest absolute Gasteiger partial charge is 0.479 e. The van der Waals surface area contributed by atoms with E-state index in [4.69, 9.17) is 9.47 Å². The summed E-state index contributed by atoms with van der Waals surface area (Å²) in [7, 11) is 0. The molecule has 0 bridgehead atoms. The summed E-state index contributed by atoms with van der Waals surface area (Å²) in [6.07, 6.45) is 2.52. The zero-order chi connectivity index (χ0) is 28.9. The minimum atomic E-state index is -1.56. The van der Waals surface area contributed by atoms with Crippen LogP contribution < -0.4 is 0 Å². The van der Waals surface area contributed by atoms with Gasteiger partial charge in [-0.25, -0.2) is 14.4 Å². The van der Waals surface area contributed by atoms with E-state index in [0.717, 1.165) is 35.3 Å². The Labute approximate surface area is 241 Å². The predicted octanol–water partition coefficient (Wildman–Crippen LogP) is 4.94. The first-order valence-electron chi connectivity index (χ1n) is 14.7. The second-order valence-corrected chi connectivity index (χ2v) is 12.9. The van der Waals surface area contributed by atoms with Gasteiger partial charge < -0.3 is 24.4 Å². The van der Waals surface area contributed by atoms with E-state index in [1.807, 2.05) is 24.3 Å². The number of ether oxygens (including phenoxy) is 2. The Hall–Kier alpha value is -3.59. The molecule has 2 amide bonds. The van der Waals surface area contributed by atoms with E-state index in [-0.39, 0.29) is 31.7 Å². The van der Waals surface area contributed by atoms with E-state index in [9.17, 15) is 19.5 Å². The molecular weight excluding hydrogens is 522 g/mol. The van der Waals surface area contributed by atoms with E-state index in [0.29, 0.717) is 18.9 Å². The molecule has 1 saturated carbocycles. The lowest BCUT2D eigenvalue weighted by atomic mass is 9.78. The number of benzene rings is 2. The molecule has 2 aliphatic carbocycles. The van der Waals surface area contributed by atoms with Gasteiger partial charge in [-0.2, -0.15) is 0 Å². The molecule has 2 saturated heterocycles. The fraction of sp³-hybridized carbons (Fsp3) is 0.531. The number of fused-ring (bicyclic) bond motifs is 3. The van der Waals surface area contributed by atoms with Crippen LogP contribution in [0.1, 0.15) is 63.5 Å². The first kappa shape index (κ1) is 27.6. The molecule has 218 valence electrons. The van der Waals surface area contributed by atoms with Gasteiger partial charge in [0.25, 0.3) is 0 Å². The van der Waals surface area contributed by atoms with Gasteiger partial charge in [-0.1, -0.05) is 48.5 Å². The number of nitrogens with zero attached hydrogens (tertiary/aromatic N) is 3. The maximum absolute atomic E-state index is 13.9. The summed E-state index contributed by atoms with van der Waals surface area (Å²) in [5.41, 5.74) is 2.18.